The summed E-state index contributed by atoms with van der Waals surface area (Å²) in [5, 5.41) is 10.8. The average Bonchev–Trinajstić information content (AvgIpc) is 3.56. The van der Waals surface area contributed by atoms with Gasteiger partial charge in [0.05, 0.1) is 11.7 Å². The molecule has 6 fully saturated rings. The number of ketones is 2. The van der Waals surface area contributed by atoms with Crippen LogP contribution < -0.4 is 0 Å². The fraction of sp³-hybridized carbons (Fsp3) is 0.933. The molecule has 6 aliphatic rings. The Bertz CT molecular complexity index is 951. The van der Waals surface area contributed by atoms with Crippen LogP contribution in [0.3, 0.4) is 0 Å². The molecule has 0 aromatic heterocycles. The van der Waals surface area contributed by atoms with Gasteiger partial charge in [0.2, 0.25) is 0 Å². The highest BCUT2D eigenvalue weighted by molar-refractivity contribution is 5.89. The molecule has 1 heterocycles. The molecule has 4 heteroatoms. The van der Waals surface area contributed by atoms with Crippen molar-refractivity contribution in [2.24, 2.45) is 50.7 Å². The van der Waals surface area contributed by atoms with Crippen LogP contribution >= 0.6 is 0 Å². The Balaban J connectivity index is 1.28. The number of aliphatic hydroxyl groups is 1. The highest BCUT2D eigenvalue weighted by Gasteiger charge is 2.82. The number of hydrogen-bond donors (Lipinski definition) is 1. The molecule has 5 saturated carbocycles. The van der Waals surface area contributed by atoms with E-state index in [0.29, 0.717) is 41.3 Å². The monoisotopic (exact) mass is 470 g/mol. The molecular weight excluding hydrogens is 424 g/mol. The summed E-state index contributed by atoms with van der Waals surface area (Å²) in [6, 6.07) is 0. The summed E-state index contributed by atoms with van der Waals surface area (Å²) in [4.78, 5) is 26.6. The second-order valence-corrected chi connectivity index (χ2v) is 15.3. The Hall–Kier alpha value is -0.740. The minimum Gasteiger partial charge on any atom is -0.393 e. The molecular formula is C30H46O4. The van der Waals surface area contributed by atoms with Gasteiger partial charge in [0, 0.05) is 18.8 Å². The summed E-state index contributed by atoms with van der Waals surface area (Å²) < 4.78 is 5.62. The number of epoxide rings is 1. The van der Waals surface area contributed by atoms with Gasteiger partial charge in [-0.25, -0.2) is 0 Å². The van der Waals surface area contributed by atoms with Crippen LogP contribution in [0, 0.1) is 50.7 Å². The molecule has 4 nitrogen and oxygen atoms in total. The number of fused-ring (bicyclic) bond motifs is 2. The Morgan fingerprint density at radius 1 is 0.971 bits per heavy atom. The summed E-state index contributed by atoms with van der Waals surface area (Å²) in [5.74, 6) is 1.86. The van der Waals surface area contributed by atoms with Gasteiger partial charge in [-0.05, 0) is 104 Å². The summed E-state index contributed by atoms with van der Waals surface area (Å²) in [6.07, 6.45) is 8.85. The minimum absolute atomic E-state index is 0.00403. The predicted molar refractivity (Wildman–Crippen MR) is 131 cm³/mol. The zero-order valence-electron chi connectivity index (χ0n) is 22.5. The number of carbonyl (C=O) groups is 2. The number of Topliss-reactive ketones (excluding diaryl/α,β-unsaturated/α-hetero) is 2. The Labute approximate surface area is 206 Å². The molecule has 190 valence electrons. The van der Waals surface area contributed by atoms with Crippen molar-refractivity contribution in [3.8, 4) is 0 Å². The maximum Gasteiger partial charge on any atom is 0.164 e. The summed E-state index contributed by atoms with van der Waals surface area (Å²) in [5.41, 5.74) is 0.429. The zero-order valence-corrected chi connectivity index (χ0v) is 22.5. The quantitative estimate of drug-likeness (QED) is 0.532. The molecule has 6 rings (SSSR count). The summed E-state index contributed by atoms with van der Waals surface area (Å²) >= 11 is 0. The van der Waals surface area contributed by atoms with Crippen LogP contribution in [0.15, 0.2) is 0 Å². The number of carbonyl (C=O) groups excluding carboxylic acids is 2. The largest absolute Gasteiger partial charge is 0.393 e. The SMILES string of the molecule is CC(CC(=O)C1OC1(C)C)C1C(=O)CC2(C)C3CCC4C(C)(C)C(O)CCC45CC35CCC12C. The lowest BCUT2D eigenvalue weighted by atomic mass is 9.41. The lowest BCUT2D eigenvalue weighted by molar-refractivity contribution is -0.162. The maximum absolute atomic E-state index is 13.7. The third kappa shape index (κ3) is 2.58. The number of hydrogen-bond acceptors (Lipinski definition) is 4. The molecule has 1 aliphatic heterocycles. The molecule has 0 amide bonds. The highest BCUT2D eigenvalue weighted by atomic mass is 16.6. The molecule has 0 aromatic carbocycles. The van der Waals surface area contributed by atoms with E-state index in [9.17, 15) is 14.7 Å². The number of ether oxygens (including phenoxy) is 1. The van der Waals surface area contributed by atoms with Crippen molar-refractivity contribution in [2.45, 2.75) is 124 Å². The number of rotatable bonds is 4. The van der Waals surface area contributed by atoms with Crippen molar-refractivity contribution in [3.05, 3.63) is 0 Å². The van der Waals surface area contributed by atoms with E-state index >= 15 is 0 Å². The van der Waals surface area contributed by atoms with Crippen molar-refractivity contribution in [1.29, 1.82) is 0 Å². The standard InChI is InChI=1S/C30H46O4/c1-17(14-18(31)24-26(4,5)34-24)23-19(32)15-28(7)21-9-8-20-25(2,3)22(33)10-11-29(20)16-30(21,29)13-12-27(23,28)6/h17,20-24,33H,8-16H2,1-7H3. The Kier molecular flexibility index (Phi) is 4.57. The van der Waals surface area contributed by atoms with Gasteiger partial charge in [-0.15, -0.1) is 0 Å². The van der Waals surface area contributed by atoms with Crippen LogP contribution in [0.25, 0.3) is 0 Å². The highest BCUT2D eigenvalue weighted by Crippen LogP contribution is 2.88. The lowest BCUT2D eigenvalue weighted by Gasteiger charge is -2.63. The van der Waals surface area contributed by atoms with E-state index in [-0.39, 0.29) is 51.7 Å². The molecule has 2 spiro atoms. The third-order valence-electron chi connectivity index (χ3n) is 13.3. The van der Waals surface area contributed by atoms with E-state index in [2.05, 4.69) is 34.6 Å². The molecule has 0 aromatic rings. The predicted octanol–water partition coefficient (Wildman–Crippen LogP) is 5.74. The van der Waals surface area contributed by atoms with Crippen LogP contribution in [-0.4, -0.2) is 34.5 Å². The van der Waals surface area contributed by atoms with Crippen LogP contribution in [0.2, 0.25) is 0 Å². The van der Waals surface area contributed by atoms with Gasteiger partial charge in [-0.2, -0.15) is 0 Å². The molecule has 1 N–H and O–H groups in total. The molecule has 10 atom stereocenters. The van der Waals surface area contributed by atoms with Gasteiger partial charge in [0.15, 0.2) is 5.78 Å². The molecule has 0 bridgehead atoms. The topological polar surface area (TPSA) is 66.9 Å². The first-order valence-corrected chi connectivity index (χ1v) is 14.1. The van der Waals surface area contributed by atoms with Gasteiger partial charge in [-0.3, -0.25) is 9.59 Å². The molecule has 10 unspecified atom stereocenters. The fourth-order valence-electron chi connectivity index (χ4n) is 11.4. The van der Waals surface area contributed by atoms with E-state index < -0.39 is 0 Å². The van der Waals surface area contributed by atoms with E-state index in [1.807, 2.05) is 13.8 Å². The first kappa shape index (κ1) is 23.6. The van der Waals surface area contributed by atoms with Crippen molar-refractivity contribution >= 4 is 11.6 Å². The smallest absolute Gasteiger partial charge is 0.164 e. The normalized spacial score (nSPS) is 54.8. The van der Waals surface area contributed by atoms with Crippen molar-refractivity contribution < 1.29 is 19.4 Å². The lowest BCUT2D eigenvalue weighted by Crippen LogP contribution is -2.57. The fourth-order valence-corrected chi connectivity index (χ4v) is 11.4. The van der Waals surface area contributed by atoms with Gasteiger partial charge in [0.25, 0.3) is 0 Å². The molecule has 1 saturated heterocycles. The maximum atomic E-state index is 13.7. The molecule has 0 radical (unpaired) electrons. The van der Waals surface area contributed by atoms with E-state index in [1.54, 1.807) is 0 Å². The summed E-state index contributed by atoms with van der Waals surface area (Å²) in [6.45, 7) is 15.6. The average molecular weight is 471 g/mol. The number of aliphatic hydroxyl groups excluding tert-OH is 1. The van der Waals surface area contributed by atoms with Crippen LogP contribution in [0.1, 0.15) is 106 Å². The first-order chi connectivity index (χ1) is 15.7. The molecule has 5 aliphatic carbocycles. The Morgan fingerprint density at radius 2 is 1.59 bits per heavy atom. The van der Waals surface area contributed by atoms with Crippen molar-refractivity contribution in [3.63, 3.8) is 0 Å². The van der Waals surface area contributed by atoms with Gasteiger partial charge < -0.3 is 9.84 Å². The van der Waals surface area contributed by atoms with E-state index in [0.717, 1.165) is 12.8 Å². The van der Waals surface area contributed by atoms with Crippen molar-refractivity contribution in [1.82, 2.24) is 0 Å². The Morgan fingerprint density at radius 3 is 2.24 bits per heavy atom. The second-order valence-electron chi connectivity index (χ2n) is 15.3. The van der Waals surface area contributed by atoms with E-state index in [4.69, 9.17) is 4.74 Å². The van der Waals surface area contributed by atoms with E-state index in [1.165, 1.54) is 32.1 Å². The van der Waals surface area contributed by atoms with Gasteiger partial charge in [0.1, 0.15) is 11.9 Å². The van der Waals surface area contributed by atoms with Crippen molar-refractivity contribution in [2.75, 3.05) is 0 Å². The van der Waals surface area contributed by atoms with Crippen LogP contribution in [0.5, 0.6) is 0 Å². The van der Waals surface area contributed by atoms with Crippen LogP contribution in [-0.2, 0) is 14.3 Å². The second kappa shape index (κ2) is 6.57. The zero-order chi connectivity index (χ0) is 24.7. The van der Waals surface area contributed by atoms with Gasteiger partial charge >= 0.3 is 0 Å². The molecule has 34 heavy (non-hydrogen) atoms. The van der Waals surface area contributed by atoms with Gasteiger partial charge in [-0.1, -0.05) is 34.6 Å². The minimum atomic E-state index is -0.327. The summed E-state index contributed by atoms with van der Waals surface area (Å²) in [7, 11) is 0. The van der Waals surface area contributed by atoms with Crippen LogP contribution in [0.4, 0.5) is 0 Å². The first-order valence-electron chi connectivity index (χ1n) is 14.1. The third-order valence-corrected chi connectivity index (χ3v) is 13.3.